The van der Waals surface area contributed by atoms with Gasteiger partial charge in [-0.25, -0.2) is 0 Å². The molecular formula is C22H18ClN3O2. The van der Waals surface area contributed by atoms with E-state index in [0.29, 0.717) is 22.0 Å². The van der Waals surface area contributed by atoms with Gasteiger partial charge in [0.25, 0.3) is 5.91 Å². The summed E-state index contributed by atoms with van der Waals surface area (Å²) in [4.78, 5) is 13.0. The van der Waals surface area contributed by atoms with Crippen LogP contribution in [0.25, 0.3) is 17.0 Å². The van der Waals surface area contributed by atoms with Crippen molar-refractivity contribution in [2.24, 2.45) is 5.10 Å². The van der Waals surface area contributed by atoms with Gasteiger partial charge in [0.1, 0.15) is 0 Å². The van der Waals surface area contributed by atoms with E-state index < -0.39 is 0 Å². The van der Waals surface area contributed by atoms with Crippen LogP contribution in [0, 0.1) is 0 Å². The first-order valence-corrected chi connectivity index (χ1v) is 9.55. The maximum atomic E-state index is 13.0. The zero-order valence-electron chi connectivity index (χ0n) is 15.3. The Morgan fingerprint density at radius 3 is 2.71 bits per heavy atom. The van der Waals surface area contributed by atoms with Crippen LogP contribution in [0.1, 0.15) is 12.5 Å². The van der Waals surface area contributed by atoms with Crippen LogP contribution in [0.15, 0.2) is 65.4 Å². The Labute approximate surface area is 167 Å². The molecule has 0 bridgehead atoms. The summed E-state index contributed by atoms with van der Waals surface area (Å²) < 4.78 is 7.58. The van der Waals surface area contributed by atoms with Crippen LogP contribution in [0.3, 0.4) is 0 Å². The van der Waals surface area contributed by atoms with Gasteiger partial charge < -0.3 is 9.30 Å². The standard InChI is InChI=1S/C22H18ClN3O2/c1-14-20(22(27)26(24-14)17-8-6-16(23)7-9-17)10-15-11-25(12-18-13-28-18)21-5-3-2-4-19(15)21/h2-11,18H,12-13H2,1H3/b20-10+. The summed E-state index contributed by atoms with van der Waals surface area (Å²) in [5.41, 5.74) is 4.14. The molecule has 1 unspecified atom stereocenters. The number of benzene rings is 2. The Bertz CT molecular complexity index is 1140. The molecule has 0 N–H and O–H groups in total. The number of hydrazone groups is 1. The third-order valence-corrected chi connectivity index (χ3v) is 5.31. The maximum Gasteiger partial charge on any atom is 0.280 e. The second kappa shape index (κ2) is 6.62. The Kier molecular flexibility index (Phi) is 4.07. The van der Waals surface area contributed by atoms with Gasteiger partial charge in [-0.15, -0.1) is 0 Å². The molecule has 5 nitrogen and oxygen atoms in total. The first-order chi connectivity index (χ1) is 13.6. The molecule has 0 saturated carbocycles. The predicted octanol–water partition coefficient (Wildman–Crippen LogP) is 4.50. The molecular weight excluding hydrogens is 374 g/mol. The van der Waals surface area contributed by atoms with Crippen LogP contribution in [-0.4, -0.2) is 28.9 Å². The number of rotatable bonds is 4. The van der Waals surface area contributed by atoms with Gasteiger partial charge in [0.15, 0.2) is 0 Å². The van der Waals surface area contributed by atoms with Gasteiger partial charge in [0.2, 0.25) is 0 Å². The summed E-state index contributed by atoms with van der Waals surface area (Å²) >= 11 is 5.96. The van der Waals surface area contributed by atoms with Crippen LogP contribution < -0.4 is 5.01 Å². The minimum Gasteiger partial charge on any atom is -0.371 e. The molecule has 2 aromatic carbocycles. The molecule has 2 aliphatic rings. The Morgan fingerprint density at radius 1 is 1.21 bits per heavy atom. The van der Waals surface area contributed by atoms with Gasteiger partial charge in [-0.1, -0.05) is 29.8 Å². The van der Waals surface area contributed by atoms with Gasteiger partial charge in [-0.05, 0) is 43.3 Å². The molecule has 3 aromatic rings. The van der Waals surface area contributed by atoms with Crippen molar-refractivity contribution in [2.45, 2.75) is 19.6 Å². The molecule has 140 valence electrons. The molecule has 1 amide bonds. The van der Waals surface area contributed by atoms with Crippen molar-refractivity contribution >= 4 is 45.9 Å². The fourth-order valence-corrected chi connectivity index (χ4v) is 3.66. The summed E-state index contributed by atoms with van der Waals surface area (Å²) in [5, 5.41) is 7.62. The lowest BCUT2D eigenvalue weighted by atomic mass is 10.1. The average molecular weight is 392 g/mol. The van der Waals surface area contributed by atoms with E-state index >= 15 is 0 Å². The number of amides is 1. The summed E-state index contributed by atoms with van der Waals surface area (Å²) in [6.45, 7) is 3.49. The zero-order valence-corrected chi connectivity index (χ0v) is 16.1. The smallest absolute Gasteiger partial charge is 0.280 e. The molecule has 3 heterocycles. The van der Waals surface area contributed by atoms with Crippen molar-refractivity contribution in [3.63, 3.8) is 0 Å². The minimum atomic E-state index is -0.137. The summed E-state index contributed by atoms with van der Waals surface area (Å²) in [7, 11) is 0. The van der Waals surface area contributed by atoms with Crippen molar-refractivity contribution in [2.75, 3.05) is 11.6 Å². The number of halogens is 1. The van der Waals surface area contributed by atoms with E-state index in [4.69, 9.17) is 16.3 Å². The molecule has 6 heteroatoms. The Hall–Kier alpha value is -2.89. The number of para-hydroxylation sites is 1. The maximum absolute atomic E-state index is 13.0. The highest BCUT2D eigenvalue weighted by atomic mass is 35.5. The van der Waals surface area contributed by atoms with E-state index in [1.165, 1.54) is 5.01 Å². The van der Waals surface area contributed by atoms with E-state index in [2.05, 4.69) is 28.0 Å². The Balaban J connectivity index is 1.53. The van der Waals surface area contributed by atoms with E-state index in [1.54, 1.807) is 24.3 Å². The highest BCUT2D eigenvalue weighted by molar-refractivity contribution is 6.33. The lowest BCUT2D eigenvalue weighted by Crippen LogP contribution is -2.21. The fourth-order valence-electron chi connectivity index (χ4n) is 3.53. The third-order valence-electron chi connectivity index (χ3n) is 5.06. The normalized spacial score (nSPS) is 20.3. The molecule has 0 aliphatic carbocycles. The van der Waals surface area contributed by atoms with Crippen molar-refractivity contribution in [1.29, 1.82) is 0 Å². The first-order valence-electron chi connectivity index (χ1n) is 9.17. The molecule has 0 spiro atoms. The van der Waals surface area contributed by atoms with Gasteiger partial charge in [0.05, 0.1) is 36.2 Å². The quantitative estimate of drug-likeness (QED) is 0.485. The van der Waals surface area contributed by atoms with Gasteiger partial charge >= 0.3 is 0 Å². The van der Waals surface area contributed by atoms with Crippen molar-refractivity contribution in [3.05, 3.63) is 70.9 Å². The van der Waals surface area contributed by atoms with E-state index in [-0.39, 0.29) is 12.0 Å². The number of anilines is 1. The largest absolute Gasteiger partial charge is 0.371 e. The Morgan fingerprint density at radius 2 is 1.96 bits per heavy atom. The van der Waals surface area contributed by atoms with E-state index in [9.17, 15) is 4.79 Å². The molecule has 0 radical (unpaired) electrons. The van der Waals surface area contributed by atoms with Crippen molar-refractivity contribution in [3.8, 4) is 0 Å². The molecule has 1 aromatic heterocycles. The third kappa shape index (κ3) is 3.03. The number of fused-ring (bicyclic) bond motifs is 1. The molecule has 1 saturated heterocycles. The number of hydrogen-bond donors (Lipinski definition) is 0. The molecule has 1 atom stereocenters. The SMILES string of the molecule is CC1=NN(c2ccc(Cl)cc2)C(=O)/C1=C/c1cn(CC2CO2)c2ccccc12. The topological polar surface area (TPSA) is 50.1 Å². The number of nitrogens with zero attached hydrogens (tertiary/aromatic N) is 3. The van der Waals surface area contributed by atoms with Crippen LogP contribution in [0.2, 0.25) is 5.02 Å². The number of epoxide rings is 1. The average Bonchev–Trinajstić information content (AvgIpc) is 3.39. The van der Waals surface area contributed by atoms with Gasteiger partial charge in [0, 0.05) is 27.7 Å². The number of ether oxygens (including phenoxy) is 1. The molecule has 2 aliphatic heterocycles. The highest BCUT2D eigenvalue weighted by Gasteiger charge is 2.29. The number of aromatic nitrogens is 1. The lowest BCUT2D eigenvalue weighted by Gasteiger charge is -2.11. The zero-order chi connectivity index (χ0) is 19.3. The molecule has 28 heavy (non-hydrogen) atoms. The predicted molar refractivity (Wildman–Crippen MR) is 112 cm³/mol. The van der Waals surface area contributed by atoms with Crippen molar-refractivity contribution in [1.82, 2.24) is 4.57 Å². The van der Waals surface area contributed by atoms with Crippen LogP contribution >= 0.6 is 11.6 Å². The monoisotopic (exact) mass is 391 g/mol. The number of hydrogen-bond acceptors (Lipinski definition) is 3. The van der Waals surface area contributed by atoms with Crippen LogP contribution in [0.5, 0.6) is 0 Å². The second-order valence-electron chi connectivity index (χ2n) is 7.05. The fraction of sp³-hybridized carbons (Fsp3) is 0.182. The van der Waals surface area contributed by atoms with Crippen LogP contribution in [0.4, 0.5) is 5.69 Å². The van der Waals surface area contributed by atoms with E-state index in [1.807, 2.05) is 25.1 Å². The molecule has 5 rings (SSSR count). The van der Waals surface area contributed by atoms with Crippen LogP contribution in [-0.2, 0) is 16.1 Å². The summed E-state index contributed by atoms with van der Waals surface area (Å²) in [5.74, 6) is -0.137. The highest BCUT2D eigenvalue weighted by Crippen LogP contribution is 2.29. The summed E-state index contributed by atoms with van der Waals surface area (Å²) in [6.07, 6.45) is 4.31. The van der Waals surface area contributed by atoms with Crippen molar-refractivity contribution < 1.29 is 9.53 Å². The second-order valence-corrected chi connectivity index (χ2v) is 7.48. The summed E-state index contributed by atoms with van der Waals surface area (Å²) in [6, 6.07) is 15.3. The first kappa shape index (κ1) is 17.2. The number of carbonyl (C=O) groups is 1. The van der Waals surface area contributed by atoms with Gasteiger partial charge in [-0.2, -0.15) is 10.1 Å². The van der Waals surface area contributed by atoms with E-state index in [0.717, 1.165) is 29.6 Å². The lowest BCUT2D eigenvalue weighted by molar-refractivity contribution is -0.114. The number of carbonyl (C=O) groups excluding carboxylic acids is 1. The van der Waals surface area contributed by atoms with Gasteiger partial charge in [-0.3, -0.25) is 4.79 Å². The minimum absolute atomic E-state index is 0.137. The molecule has 1 fully saturated rings.